The van der Waals surface area contributed by atoms with Gasteiger partial charge in [0, 0.05) is 15.2 Å². The molecule has 16 heavy (non-hydrogen) atoms. The molecule has 3 nitrogen and oxygen atoms in total. The summed E-state index contributed by atoms with van der Waals surface area (Å²) in [7, 11) is 0. The Balaban J connectivity index is 2.18. The molecule has 0 aliphatic carbocycles. The summed E-state index contributed by atoms with van der Waals surface area (Å²) in [4.78, 5) is 1.04. The standard InChI is InChI=1S/C11H7BrN2OS/c12-7-1-2-9-6(3-7)4-10(16-9)8-5-11(13)14-15-8/h1-5H,(H2,13,14). The van der Waals surface area contributed by atoms with Crippen molar-refractivity contribution in [2.45, 2.75) is 0 Å². The first-order chi connectivity index (χ1) is 7.72. The van der Waals surface area contributed by atoms with E-state index in [4.69, 9.17) is 10.3 Å². The molecule has 0 fully saturated rings. The van der Waals surface area contributed by atoms with Gasteiger partial charge >= 0.3 is 0 Å². The summed E-state index contributed by atoms with van der Waals surface area (Å²) in [6.07, 6.45) is 0. The summed E-state index contributed by atoms with van der Waals surface area (Å²) < 4.78 is 7.42. The highest BCUT2D eigenvalue weighted by Crippen LogP contribution is 2.35. The summed E-state index contributed by atoms with van der Waals surface area (Å²) in [5.74, 6) is 1.13. The molecule has 2 N–H and O–H groups in total. The van der Waals surface area contributed by atoms with Crippen LogP contribution in [0.5, 0.6) is 0 Å². The van der Waals surface area contributed by atoms with E-state index in [-0.39, 0.29) is 0 Å². The van der Waals surface area contributed by atoms with Crippen molar-refractivity contribution < 1.29 is 4.52 Å². The van der Waals surface area contributed by atoms with E-state index in [0.717, 1.165) is 15.1 Å². The van der Waals surface area contributed by atoms with Crippen LogP contribution < -0.4 is 5.73 Å². The van der Waals surface area contributed by atoms with Crippen LogP contribution in [-0.4, -0.2) is 5.16 Å². The van der Waals surface area contributed by atoms with Crippen molar-refractivity contribution in [3.63, 3.8) is 0 Å². The third-order valence-corrected chi connectivity index (χ3v) is 3.87. The number of thiophene rings is 1. The Morgan fingerprint density at radius 2 is 2.12 bits per heavy atom. The highest BCUT2D eigenvalue weighted by Gasteiger charge is 2.09. The van der Waals surface area contributed by atoms with Crippen LogP contribution in [0.25, 0.3) is 20.7 Å². The minimum atomic E-state index is 0.411. The zero-order valence-corrected chi connectivity index (χ0v) is 10.5. The van der Waals surface area contributed by atoms with Crippen molar-refractivity contribution in [3.8, 4) is 10.6 Å². The molecule has 0 aliphatic heterocycles. The van der Waals surface area contributed by atoms with Crippen LogP contribution in [0, 0.1) is 0 Å². The highest BCUT2D eigenvalue weighted by atomic mass is 79.9. The molecular formula is C11H7BrN2OS. The van der Waals surface area contributed by atoms with Crippen molar-refractivity contribution in [2.24, 2.45) is 0 Å². The maximum atomic E-state index is 5.53. The number of fused-ring (bicyclic) bond motifs is 1. The van der Waals surface area contributed by atoms with Crippen molar-refractivity contribution in [2.75, 3.05) is 5.73 Å². The fourth-order valence-corrected chi connectivity index (χ4v) is 2.91. The van der Waals surface area contributed by atoms with Gasteiger partial charge in [-0.3, -0.25) is 0 Å². The molecule has 0 spiro atoms. The number of hydrogen-bond acceptors (Lipinski definition) is 4. The lowest BCUT2D eigenvalue weighted by molar-refractivity contribution is 0.436. The number of benzene rings is 1. The lowest BCUT2D eigenvalue weighted by Crippen LogP contribution is -1.79. The van der Waals surface area contributed by atoms with Gasteiger partial charge in [0.1, 0.15) is 0 Å². The number of aromatic nitrogens is 1. The molecule has 0 bridgehead atoms. The SMILES string of the molecule is Nc1cc(-c2cc3cc(Br)ccc3s2)on1. The summed E-state index contributed by atoms with van der Waals surface area (Å²) >= 11 is 5.11. The van der Waals surface area contributed by atoms with Crippen LogP contribution in [0.15, 0.2) is 39.3 Å². The van der Waals surface area contributed by atoms with Gasteiger partial charge in [0.25, 0.3) is 0 Å². The van der Waals surface area contributed by atoms with Crippen molar-refractivity contribution >= 4 is 43.2 Å². The average molecular weight is 295 g/mol. The van der Waals surface area contributed by atoms with Gasteiger partial charge in [-0.15, -0.1) is 11.3 Å². The largest absolute Gasteiger partial charge is 0.381 e. The summed E-state index contributed by atoms with van der Waals surface area (Å²) in [5.41, 5.74) is 5.53. The summed E-state index contributed by atoms with van der Waals surface area (Å²) in [6, 6.07) is 9.99. The Bertz CT molecular complexity index is 659. The van der Waals surface area contributed by atoms with E-state index in [2.05, 4.69) is 39.3 Å². The van der Waals surface area contributed by atoms with E-state index >= 15 is 0 Å². The summed E-state index contributed by atoms with van der Waals surface area (Å²) in [5, 5.41) is 4.87. The molecule has 5 heteroatoms. The average Bonchev–Trinajstić information content (AvgIpc) is 2.83. The molecule has 80 valence electrons. The van der Waals surface area contributed by atoms with Crippen molar-refractivity contribution in [3.05, 3.63) is 34.8 Å². The molecule has 0 amide bonds. The van der Waals surface area contributed by atoms with E-state index < -0.39 is 0 Å². The van der Waals surface area contributed by atoms with E-state index in [0.29, 0.717) is 5.82 Å². The molecule has 3 aromatic rings. The zero-order valence-electron chi connectivity index (χ0n) is 8.11. The van der Waals surface area contributed by atoms with E-state index in [1.165, 1.54) is 10.1 Å². The quantitative estimate of drug-likeness (QED) is 0.740. The third kappa shape index (κ3) is 1.62. The fourth-order valence-electron chi connectivity index (χ4n) is 1.54. The van der Waals surface area contributed by atoms with Gasteiger partial charge in [-0.2, -0.15) is 0 Å². The number of anilines is 1. The molecular weight excluding hydrogens is 288 g/mol. The molecule has 2 aromatic heterocycles. The second kappa shape index (κ2) is 3.61. The van der Waals surface area contributed by atoms with E-state index in [1.54, 1.807) is 17.4 Å². The lowest BCUT2D eigenvalue weighted by atomic mass is 10.2. The first-order valence-corrected chi connectivity index (χ1v) is 6.25. The van der Waals surface area contributed by atoms with Gasteiger partial charge in [0.2, 0.25) is 0 Å². The predicted octanol–water partition coefficient (Wildman–Crippen LogP) is 3.90. The zero-order chi connectivity index (χ0) is 11.1. The Hall–Kier alpha value is -1.33. The maximum absolute atomic E-state index is 5.53. The molecule has 0 atom stereocenters. The smallest absolute Gasteiger partial charge is 0.179 e. The lowest BCUT2D eigenvalue weighted by Gasteiger charge is -1.88. The number of nitrogens with zero attached hydrogens (tertiary/aromatic N) is 1. The first-order valence-electron chi connectivity index (χ1n) is 4.64. The van der Waals surface area contributed by atoms with Gasteiger partial charge in [-0.25, -0.2) is 0 Å². The number of hydrogen-bond donors (Lipinski definition) is 1. The minimum absolute atomic E-state index is 0.411. The molecule has 0 aliphatic rings. The molecule has 3 rings (SSSR count). The Kier molecular flexibility index (Phi) is 2.22. The molecule has 1 aromatic carbocycles. The van der Waals surface area contributed by atoms with Crippen LogP contribution >= 0.6 is 27.3 Å². The van der Waals surface area contributed by atoms with Crippen LogP contribution in [0.2, 0.25) is 0 Å². The minimum Gasteiger partial charge on any atom is -0.381 e. The van der Waals surface area contributed by atoms with Crippen LogP contribution in [0.1, 0.15) is 0 Å². The predicted molar refractivity (Wildman–Crippen MR) is 69.4 cm³/mol. The highest BCUT2D eigenvalue weighted by molar-refractivity contribution is 9.10. The van der Waals surface area contributed by atoms with Gasteiger partial charge in [-0.1, -0.05) is 21.1 Å². The van der Waals surface area contributed by atoms with Crippen molar-refractivity contribution in [1.82, 2.24) is 5.16 Å². The van der Waals surface area contributed by atoms with Crippen molar-refractivity contribution in [1.29, 1.82) is 0 Å². The second-order valence-electron chi connectivity index (χ2n) is 3.41. The monoisotopic (exact) mass is 294 g/mol. The third-order valence-electron chi connectivity index (χ3n) is 2.25. The van der Waals surface area contributed by atoms with E-state index in [1.807, 2.05) is 6.07 Å². The number of halogens is 1. The maximum Gasteiger partial charge on any atom is 0.179 e. The number of nitrogen functional groups attached to an aromatic ring is 1. The van der Waals surface area contributed by atoms with Crippen LogP contribution in [0.3, 0.4) is 0 Å². The molecule has 0 saturated heterocycles. The Morgan fingerprint density at radius 3 is 2.88 bits per heavy atom. The van der Waals surface area contributed by atoms with Gasteiger partial charge in [0.05, 0.1) is 4.88 Å². The molecule has 2 heterocycles. The van der Waals surface area contributed by atoms with Gasteiger partial charge in [0.15, 0.2) is 11.6 Å². The van der Waals surface area contributed by atoms with Gasteiger partial charge < -0.3 is 10.3 Å². The van der Waals surface area contributed by atoms with Crippen LogP contribution in [-0.2, 0) is 0 Å². The summed E-state index contributed by atoms with van der Waals surface area (Å²) in [6.45, 7) is 0. The molecule has 0 unspecified atom stereocenters. The Morgan fingerprint density at radius 1 is 1.25 bits per heavy atom. The topological polar surface area (TPSA) is 52.0 Å². The second-order valence-corrected chi connectivity index (χ2v) is 5.41. The van der Waals surface area contributed by atoms with Gasteiger partial charge in [-0.05, 0) is 29.7 Å². The molecule has 0 saturated carbocycles. The number of rotatable bonds is 1. The first kappa shape index (κ1) is 9.86. The Labute approximate surface area is 104 Å². The normalized spacial score (nSPS) is 11.1. The van der Waals surface area contributed by atoms with E-state index in [9.17, 15) is 0 Å². The fraction of sp³-hybridized carbons (Fsp3) is 0. The van der Waals surface area contributed by atoms with Crippen LogP contribution in [0.4, 0.5) is 5.82 Å². The number of nitrogens with two attached hydrogens (primary N) is 1. The molecule has 0 radical (unpaired) electrons.